The van der Waals surface area contributed by atoms with Gasteiger partial charge >= 0.3 is 0 Å². The molecular formula is C14H19NO. The van der Waals surface area contributed by atoms with Crippen molar-refractivity contribution in [3.05, 3.63) is 29.3 Å². The molecule has 1 aliphatic heterocycles. The second-order valence-corrected chi connectivity index (χ2v) is 4.19. The van der Waals surface area contributed by atoms with E-state index in [-0.39, 0.29) is 11.8 Å². The first-order valence-electron chi connectivity index (χ1n) is 6.18. The fourth-order valence-corrected chi connectivity index (χ4v) is 2.75. The minimum absolute atomic E-state index is 0.167. The summed E-state index contributed by atoms with van der Waals surface area (Å²) in [6.07, 6.45) is 3.33. The van der Waals surface area contributed by atoms with Gasteiger partial charge in [0.2, 0.25) is 5.91 Å². The van der Waals surface area contributed by atoms with Crippen molar-refractivity contribution in [3.8, 4) is 0 Å². The summed E-state index contributed by atoms with van der Waals surface area (Å²) in [4.78, 5) is 13.7. The summed E-state index contributed by atoms with van der Waals surface area (Å²) in [6, 6.07) is 6.28. The van der Waals surface area contributed by atoms with Crippen LogP contribution in [0.2, 0.25) is 0 Å². The number of amides is 1. The fraction of sp³-hybridized carbons (Fsp3) is 0.500. The number of nitrogens with zero attached hydrogens (tertiary/aromatic N) is 1. The van der Waals surface area contributed by atoms with Gasteiger partial charge in [0, 0.05) is 12.7 Å². The number of likely N-dealkylation sites (N-methyl/N-ethyl adjacent to an activating group) is 1. The SMILES string of the molecule is CC.CN1C(=O)C2CCCc3cccc1c32. The number of hydrogen-bond acceptors (Lipinski definition) is 1. The monoisotopic (exact) mass is 217 g/mol. The summed E-state index contributed by atoms with van der Waals surface area (Å²) in [5, 5.41) is 0. The minimum atomic E-state index is 0.167. The third kappa shape index (κ3) is 1.44. The first-order chi connectivity index (χ1) is 7.79. The number of carbonyl (C=O) groups excluding carboxylic acids is 1. The molecule has 3 rings (SSSR count). The van der Waals surface area contributed by atoms with Crippen LogP contribution in [-0.4, -0.2) is 13.0 Å². The van der Waals surface area contributed by atoms with Crippen LogP contribution in [0.1, 0.15) is 43.7 Å². The summed E-state index contributed by atoms with van der Waals surface area (Å²) in [6.45, 7) is 4.00. The molecule has 0 fully saturated rings. The molecule has 2 aliphatic rings. The summed E-state index contributed by atoms with van der Waals surface area (Å²) >= 11 is 0. The van der Waals surface area contributed by atoms with Crippen LogP contribution in [0.5, 0.6) is 0 Å². The van der Waals surface area contributed by atoms with Crippen molar-refractivity contribution in [1.29, 1.82) is 0 Å². The van der Waals surface area contributed by atoms with E-state index < -0.39 is 0 Å². The molecular weight excluding hydrogens is 198 g/mol. The van der Waals surface area contributed by atoms with Crippen LogP contribution in [0.4, 0.5) is 5.69 Å². The molecule has 1 aliphatic carbocycles. The first-order valence-corrected chi connectivity index (χ1v) is 6.18. The molecule has 86 valence electrons. The maximum absolute atomic E-state index is 11.9. The molecule has 2 heteroatoms. The van der Waals surface area contributed by atoms with Gasteiger partial charge in [0.25, 0.3) is 0 Å². The Bertz CT molecular complexity index is 411. The maximum Gasteiger partial charge on any atom is 0.234 e. The van der Waals surface area contributed by atoms with E-state index in [1.165, 1.54) is 11.1 Å². The predicted octanol–water partition coefficient (Wildman–Crippen LogP) is 3.11. The van der Waals surface area contributed by atoms with E-state index in [2.05, 4.69) is 18.2 Å². The number of anilines is 1. The van der Waals surface area contributed by atoms with Gasteiger partial charge in [0.1, 0.15) is 0 Å². The molecule has 0 radical (unpaired) electrons. The molecule has 0 saturated carbocycles. The number of benzene rings is 1. The smallest absolute Gasteiger partial charge is 0.234 e. The Labute approximate surface area is 97.3 Å². The highest BCUT2D eigenvalue weighted by Crippen LogP contribution is 2.44. The fourth-order valence-electron chi connectivity index (χ4n) is 2.75. The highest BCUT2D eigenvalue weighted by Gasteiger charge is 2.38. The summed E-state index contributed by atoms with van der Waals surface area (Å²) < 4.78 is 0. The third-order valence-electron chi connectivity index (χ3n) is 3.45. The normalized spacial score (nSPS) is 21.3. The molecule has 16 heavy (non-hydrogen) atoms. The highest BCUT2D eigenvalue weighted by atomic mass is 16.2. The largest absolute Gasteiger partial charge is 0.315 e. The van der Waals surface area contributed by atoms with Gasteiger partial charge in [-0.05, 0) is 36.5 Å². The van der Waals surface area contributed by atoms with E-state index in [1.54, 1.807) is 0 Å². The standard InChI is InChI=1S/C12H13NO.C2H6/c1-13-10-7-3-5-8-4-2-6-9(11(8)10)12(13)14;1-2/h3,5,7,9H,2,4,6H2,1H3;1-2H3. The first kappa shape index (κ1) is 11.2. The topological polar surface area (TPSA) is 20.3 Å². The van der Waals surface area contributed by atoms with Crippen molar-refractivity contribution in [3.63, 3.8) is 0 Å². The Morgan fingerprint density at radius 3 is 2.81 bits per heavy atom. The molecule has 1 amide bonds. The van der Waals surface area contributed by atoms with E-state index in [1.807, 2.05) is 25.8 Å². The molecule has 2 nitrogen and oxygen atoms in total. The maximum atomic E-state index is 11.9. The van der Waals surface area contributed by atoms with Gasteiger partial charge < -0.3 is 4.90 Å². The van der Waals surface area contributed by atoms with Gasteiger partial charge in [-0.2, -0.15) is 0 Å². The van der Waals surface area contributed by atoms with Crippen molar-refractivity contribution in [1.82, 2.24) is 0 Å². The Balaban J connectivity index is 0.000000457. The van der Waals surface area contributed by atoms with E-state index in [4.69, 9.17) is 0 Å². The average molecular weight is 217 g/mol. The summed E-state index contributed by atoms with van der Waals surface area (Å²) in [5.41, 5.74) is 3.83. The van der Waals surface area contributed by atoms with Crippen molar-refractivity contribution in [2.45, 2.75) is 39.0 Å². The van der Waals surface area contributed by atoms with Gasteiger partial charge in [0.15, 0.2) is 0 Å². The minimum Gasteiger partial charge on any atom is -0.315 e. The number of hydrogen-bond donors (Lipinski definition) is 0. The lowest BCUT2D eigenvalue weighted by Crippen LogP contribution is -2.24. The lowest BCUT2D eigenvalue weighted by molar-refractivity contribution is -0.119. The van der Waals surface area contributed by atoms with Crippen molar-refractivity contribution >= 4 is 11.6 Å². The van der Waals surface area contributed by atoms with Crippen LogP contribution in [0.15, 0.2) is 18.2 Å². The zero-order valence-electron chi connectivity index (χ0n) is 10.3. The van der Waals surface area contributed by atoms with Crippen LogP contribution < -0.4 is 4.90 Å². The number of rotatable bonds is 0. The van der Waals surface area contributed by atoms with Crippen LogP contribution in [-0.2, 0) is 11.2 Å². The van der Waals surface area contributed by atoms with E-state index >= 15 is 0 Å². The van der Waals surface area contributed by atoms with Crippen LogP contribution in [0.25, 0.3) is 0 Å². The second kappa shape index (κ2) is 4.28. The molecule has 1 aromatic carbocycles. The highest BCUT2D eigenvalue weighted by molar-refractivity contribution is 6.05. The molecule has 1 atom stereocenters. The molecule has 0 spiro atoms. The molecule has 1 unspecified atom stereocenters. The Kier molecular flexibility index (Phi) is 2.99. The van der Waals surface area contributed by atoms with Gasteiger partial charge in [-0.1, -0.05) is 26.0 Å². The zero-order chi connectivity index (χ0) is 11.7. The quantitative estimate of drug-likeness (QED) is 0.654. The Morgan fingerprint density at radius 2 is 2.06 bits per heavy atom. The van der Waals surface area contributed by atoms with Crippen molar-refractivity contribution in [2.75, 3.05) is 11.9 Å². The predicted molar refractivity (Wildman–Crippen MR) is 66.9 cm³/mol. The molecule has 0 aromatic heterocycles. The number of carbonyl (C=O) groups is 1. The van der Waals surface area contributed by atoms with Gasteiger partial charge in [-0.25, -0.2) is 0 Å². The molecule has 0 N–H and O–H groups in total. The summed E-state index contributed by atoms with van der Waals surface area (Å²) in [5.74, 6) is 0.451. The molecule has 0 bridgehead atoms. The van der Waals surface area contributed by atoms with Gasteiger partial charge in [-0.3, -0.25) is 4.79 Å². The van der Waals surface area contributed by atoms with Crippen molar-refractivity contribution < 1.29 is 4.79 Å². The number of aryl methyl sites for hydroxylation is 1. The van der Waals surface area contributed by atoms with E-state index in [0.717, 1.165) is 24.9 Å². The lowest BCUT2D eigenvalue weighted by atomic mass is 9.84. The van der Waals surface area contributed by atoms with E-state index in [9.17, 15) is 4.79 Å². The van der Waals surface area contributed by atoms with Gasteiger partial charge in [-0.15, -0.1) is 0 Å². The zero-order valence-corrected chi connectivity index (χ0v) is 10.3. The second-order valence-electron chi connectivity index (χ2n) is 4.19. The van der Waals surface area contributed by atoms with Crippen molar-refractivity contribution in [2.24, 2.45) is 0 Å². The van der Waals surface area contributed by atoms with Crippen LogP contribution >= 0.6 is 0 Å². The molecule has 0 saturated heterocycles. The average Bonchev–Trinajstić information content (AvgIpc) is 2.60. The van der Waals surface area contributed by atoms with E-state index in [0.29, 0.717) is 0 Å². The molecule has 1 heterocycles. The van der Waals surface area contributed by atoms with Crippen LogP contribution in [0, 0.1) is 0 Å². The summed E-state index contributed by atoms with van der Waals surface area (Å²) in [7, 11) is 1.89. The lowest BCUT2D eigenvalue weighted by Gasteiger charge is -2.18. The Morgan fingerprint density at radius 1 is 1.31 bits per heavy atom. The van der Waals surface area contributed by atoms with Gasteiger partial charge in [0.05, 0.1) is 5.92 Å². The van der Waals surface area contributed by atoms with Crippen LogP contribution in [0.3, 0.4) is 0 Å². The molecule has 1 aromatic rings. The third-order valence-corrected chi connectivity index (χ3v) is 3.45. The Hall–Kier alpha value is -1.31.